The summed E-state index contributed by atoms with van der Waals surface area (Å²) in [4.78, 5) is 16.3. The molecule has 0 aliphatic carbocycles. The summed E-state index contributed by atoms with van der Waals surface area (Å²) in [7, 11) is 0. The second-order valence-corrected chi connectivity index (χ2v) is 6.31. The summed E-state index contributed by atoms with van der Waals surface area (Å²) in [5.74, 6) is -0.188. The zero-order chi connectivity index (χ0) is 15.5. The smallest absolute Gasteiger partial charge is 0.254 e. The maximum atomic E-state index is 13.5. The van der Waals surface area contributed by atoms with Crippen LogP contribution >= 0.6 is 0 Å². The molecule has 22 heavy (non-hydrogen) atoms. The van der Waals surface area contributed by atoms with Gasteiger partial charge in [-0.2, -0.15) is 0 Å². The molecule has 1 amide bonds. The lowest BCUT2D eigenvalue weighted by atomic mass is 10.1. The standard InChI is InChI=1S/C17H23FN2O2/c18-15-9-16(12-21)20(11-15)17(22)14-5-3-13(4-6-14)10-19-7-1-2-8-19/h3-6,15-16,21H,1-2,7-12H2/t15-,16-/m0/s1. The monoisotopic (exact) mass is 306 g/mol. The highest BCUT2D eigenvalue weighted by molar-refractivity contribution is 5.94. The molecule has 120 valence electrons. The number of aliphatic hydroxyl groups excluding tert-OH is 1. The molecule has 0 aromatic heterocycles. The lowest BCUT2D eigenvalue weighted by Gasteiger charge is -2.22. The normalized spacial score (nSPS) is 25.8. The summed E-state index contributed by atoms with van der Waals surface area (Å²) in [5.41, 5.74) is 1.76. The summed E-state index contributed by atoms with van der Waals surface area (Å²) < 4.78 is 13.5. The molecular weight excluding hydrogens is 283 g/mol. The quantitative estimate of drug-likeness (QED) is 0.923. The van der Waals surface area contributed by atoms with Crippen LogP contribution in [0, 0.1) is 0 Å². The molecule has 2 heterocycles. The van der Waals surface area contributed by atoms with Gasteiger partial charge in [-0.1, -0.05) is 12.1 Å². The number of likely N-dealkylation sites (tertiary alicyclic amines) is 2. The van der Waals surface area contributed by atoms with E-state index in [-0.39, 0.29) is 25.5 Å². The lowest BCUT2D eigenvalue weighted by molar-refractivity contribution is 0.0673. The number of carbonyl (C=O) groups is 1. The van der Waals surface area contributed by atoms with E-state index < -0.39 is 12.2 Å². The van der Waals surface area contributed by atoms with Crippen molar-refractivity contribution in [2.45, 2.75) is 38.0 Å². The molecule has 0 spiro atoms. The van der Waals surface area contributed by atoms with Gasteiger partial charge in [-0.3, -0.25) is 9.69 Å². The third-order valence-corrected chi connectivity index (χ3v) is 4.64. The maximum absolute atomic E-state index is 13.5. The van der Waals surface area contributed by atoms with Crippen LogP contribution in [0.3, 0.4) is 0 Å². The summed E-state index contributed by atoms with van der Waals surface area (Å²) in [6, 6.07) is 7.18. The highest BCUT2D eigenvalue weighted by Crippen LogP contribution is 2.23. The molecule has 1 aromatic rings. The average Bonchev–Trinajstić information content (AvgIpc) is 3.16. The summed E-state index contributed by atoms with van der Waals surface area (Å²) in [6.07, 6.45) is 1.72. The van der Waals surface area contributed by atoms with Gasteiger partial charge in [-0.05, 0) is 43.6 Å². The van der Waals surface area contributed by atoms with E-state index in [1.54, 1.807) is 0 Å². The number of nitrogens with zero attached hydrogens (tertiary/aromatic N) is 2. The van der Waals surface area contributed by atoms with E-state index >= 15 is 0 Å². The summed E-state index contributed by atoms with van der Waals surface area (Å²) in [5, 5.41) is 9.29. The fourth-order valence-corrected chi connectivity index (χ4v) is 3.40. The second-order valence-electron chi connectivity index (χ2n) is 6.31. The molecule has 2 atom stereocenters. The Kier molecular flexibility index (Phi) is 4.74. The number of benzene rings is 1. The van der Waals surface area contributed by atoms with Crippen LogP contribution in [0.2, 0.25) is 0 Å². The highest BCUT2D eigenvalue weighted by atomic mass is 19.1. The van der Waals surface area contributed by atoms with Crippen molar-refractivity contribution in [2.24, 2.45) is 0 Å². The predicted octanol–water partition coefficient (Wildman–Crippen LogP) is 1.83. The van der Waals surface area contributed by atoms with Crippen molar-refractivity contribution in [3.63, 3.8) is 0 Å². The fraction of sp³-hybridized carbons (Fsp3) is 0.588. The van der Waals surface area contributed by atoms with E-state index in [1.165, 1.54) is 23.3 Å². The topological polar surface area (TPSA) is 43.8 Å². The maximum Gasteiger partial charge on any atom is 0.254 e. The third-order valence-electron chi connectivity index (χ3n) is 4.64. The first-order valence-corrected chi connectivity index (χ1v) is 8.04. The molecule has 0 unspecified atom stereocenters. The Labute approximate surface area is 130 Å². The molecule has 4 nitrogen and oxygen atoms in total. The third kappa shape index (κ3) is 3.31. The zero-order valence-corrected chi connectivity index (χ0v) is 12.7. The van der Waals surface area contributed by atoms with Gasteiger partial charge in [0.25, 0.3) is 5.91 Å². The van der Waals surface area contributed by atoms with Crippen molar-refractivity contribution in [3.8, 4) is 0 Å². The summed E-state index contributed by atoms with van der Waals surface area (Å²) in [6.45, 7) is 3.11. The Morgan fingerprint density at radius 3 is 2.55 bits per heavy atom. The molecule has 2 aliphatic heterocycles. The number of aliphatic hydroxyl groups is 1. The van der Waals surface area contributed by atoms with Gasteiger partial charge >= 0.3 is 0 Å². The van der Waals surface area contributed by atoms with Crippen molar-refractivity contribution in [1.82, 2.24) is 9.80 Å². The zero-order valence-electron chi connectivity index (χ0n) is 12.7. The van der Waals surface area contributed by atoms with Crippen LogP contribution in [0.1, 0.15) is 35.2 Å². The first-order valence-electron chi connectivity index (χ1n) is 8.04. The molecule has 2 fully saturated rings. The number of carbonyl (C=O) groups excluding carboxylic acids is 1. The van der Waals surface area contributed by atoms with Crippen LogP contribution in [0.25, 0.3) is 0 Å². The van der Waals surface area contributed by atoms with Crippen molar-refractivity contribution in [2.75, 3.05) is 26.2 Å². The molecule has 1 N–H and O–H groups in total. The van der Waals surface area contributed by atoms with Crippen LogP contribution in [0.4, 0.5) is 4.39 Å². The largest absolute Gasteiger partial charge is 0.394 e. The van der Waals surface area contributed by atoms with Crippen molar-refractivity contribution >= 4 is 5.91 Å². The predicted molar refractivity (Wildman–Crippen MR) is 82.4 cm³/mol. The number of amides is 1. The van der Waals surface area contributed by atoms with Crippen molar-refractivity contribution in [3.05, 3.63) is 35.4 Å². The SMILES string of the molecule is O=C(c1ccc(CN2CCCC2)cc1)N1C[C@@H](F)C[C@H]1CO. The second kappa shape index (κ2) is 6.75. The average molecular weight is 306 g/mol. The fourth-order valence-electron chi connectivity index (χ4n) is 3.40. The minimum Gasteiger partial charge on any atom is -0.394 e. The van der Waals surface area contributed by atoms with E-state index in [9.17, 15) is 14.3 Å². The highest BCUT2D eigenvalue weighted by Gasteiger charge is 2.35. The van der Waals surface area contributed by atoms with Gasteiger partial charge in [0.05, 0.1) is 19.2 Å². The van der Waals surface area contributed by atoms with Gasteiger partial charge in [0, 0.05) is 18.5 Å². The van der Waals surface area contributed by atoms with E-state index in [0.717, 1.165) is 19.6 Å². The molecule has 5 heteroatoms. The van der Waals surface area contributed by atoms with Crippen LogP contribution in [-0.2, 0) is 6.54 Å². The molecule has 2 saturated heterocycles. The molecule has 0 bridgehead atoms. The number of hydrogen-bond donors (Lipinski definition) is 1. The Balaban J connectivity index is 1.65. The number of alkyl halides is 1. The van der Waals surface area contributed by atoms with Crippen molar-refractivity contribution < 1.29 is 14.3 Å². The van der Waals surface area contributed by atoms with Gasteiger partial charge in [-0.15, -0.1) is 0 Å². The van der Waals surface area contributed by atoms with Gasteiger partial charge in [0.2, 0.25) is 0 Å². The number of hydrogen-bond acceptors (Lipinski definition) is 3. The molecule has 1 aromatic carbocycles. The van der Waals surface area contributed by atoms with Gasteiger partial charge in [0.1, 0.15) is 6.17 Å². The van der Waals surface area contributed by atoms with Crippen LogP contribution in [-0.4, -0.2) is 59.3 Å². The Morgan fingerprint density at radius 2 is 1.91 bits per heavy atom. The Morgan fingerprint density at radius 1 is 1.23 bits per heavy atom. The van der Waals surface area contributed by atoms with Gasteiger partial charge < -0.3 is 10.0 Å². The molecule has 0 saturated carbocycles. The van der Waals surface area contributed by atoms with Crippen LogP contribution in [0.15, 0.2) is 24.3 Å². The molecular formula is C17H23FN2O2. The van der Waals surface area contributed by atoms with Crippen molar-refractivity contribution in [1.29, 1.82) is 0 Å². The first kappa shape index (κ1) is 15.4. The summed E-state index contributed by atoms with van der Waals surface area (Å²) >= 11 is 0. The van der Waals surface area contributed by atoms with E-state index in [2.05, 4.69) is 4.90 Å². The molecule has 2 aliphatic rings. The molecule has 3 rings (SSSR count). The van der Waals surface area contributed by atoms with Crippen LogP contribution < -0.4 is 0 Å². The number of halogens is 1. The Bertz CT molecular complexity index is 514. The minimum atomic E-state index is -1.03. The number of rotatable bonds is 4. The van der Waals surface area contributed by atoms with E-state index in [0.29, 0.717) is 5.56 Å². The van der Waals surface area contributed by atoms with Gasteiger partial charge in [0.15, 0.2) is 0 Å². The lowest BCUT2D eigenvalue weighted by Crippen LogP contribution is -2.37. The first-order chi connectivity index (χ1) is 10.7. The van der Waals surface area contributed by atoms with E-state index in [4.69, 9.17) is 0 Å². The minimum absolute atomic E-state index is 0.0829. The molecule has 0 radical (unpaired) electrons. The van der Waals surface area contributed by atoms with E-state index in [1.807, 2.05) is 24.3 Å². The van der Waals surface area contributed by atoms with Crippen LogP contribution in [0.5, 0.6) is 0 Å². The Hall–Kier alpha value is -1.46. The van der Waals surface area contributed by atoms with Gasteiger partial charge in [-0.25, -0.2) is 4.39 Å².